The second-order valence-electron chi connectivity index (χ2n) is 6.14. The van der Waals surface area contributed by atoms with Crippen LogP contribution in [0.4, 0.5) is 0 Å². The van der Waals surface area contributed by atoms with Gasteiger partial charge in [0.1, 0.15) is 5.75 Å². The average Bonchev–Trinajstić information content (AvgIpc) is 2.39. The summed E-state index contributed by atoms with van der Waals surface area (Å²) in [5.41, 5.74) is 1.47. The molecule has 3 nitrogen and oxygen atoms in total. The molecule has 3 heteroatoms. The molecule has 1 aromatic rings. The van der Waals surface area contributed by atoms with Crippen molar-refractivity contribution in [3.05, 3.63) is 29.8 Å². The highest BCUT2D eigenvalue weighted by Crippen LogP contribution is 2.32. The van der Waals surface area contributed by atoms with Crippen LogP contribution < -0.4 is 10.1 Å². The zero-order valence-electron chi connectivity index (χ0n) is 12.0. The predicted molar refractivity (Wildman–Crippen MR) is 77.6 cm³/mol. The molecule has 0 amide bonds. The number of aliphatic hydroxyl groups excluding tert-OH is 1. The normalized spacial score (nSPS) is 18.8. The van der Waals surface area contributed by atoms with Gasteiger partial charge in [-0.05, 0) is 29.9 Å². The van der Waals surface area contributed by atoms with Crippen molar-refractivity contribution in [1.82, 2.24) is 5.32 Å². The van der Waals surface area contributed by atoms with Gasteiger partial charge in [-0.1, -0.05) is 32.0 Å². The zero-order valence-corrected chi connectivity index (χ0v) is 12.0. The number of aliphatic hydroxyl groups is 1. The second-order valence-corrected chi connectivity index (χ2v) is 6.14. The second kappa shape index (κ2) is 6.40. The van der Waals surface area contributed by atoms with Crippen molar-refractivity contribution < 1.29 is 9.84 Å². The van der Waals surface area contributed by atoms with Crippen LogP contribution in [0.1, 0.15) is 38.2 Å². The first kappa shape index (κ1) is 14.4. The van der Waals surface area contributed by atoms with Crippen LogP contribution in [0.3, 0.4) is 0 Å². The smallest absolute Gasteiger partial charge is 0.122 e. The van der Waals surface area contributed by atoms with Crippen LogP contribution in [-0.4, -0.2) is 31.4 Å². The van der Waals surface area contributed by atoms with E-state index in [-0.39, 0.29) is 12.0 Å². The van der Waals surface area contributed by atoms with E-state index >= 15 is 0 Å². The highest BCUT2D eigenvalue weighted by Gasteiger charge is 2.22. The van der Waals surface area contributed by atoms with Crippen molar-refractivity contribution in [2.24, 2.45) is 5.41 Å². The van der Waals surface area contributed by atoms with E-state index in [1.807, 2.05) is 6.07 Å². The molecule has 1 atom stereocenters. The van der Waals surface area contributed by atoms with Crippen LogP contribution >= 0.6 is 0 Å². The van der Waals surface area contributed by atoms with E-state index in [2.05, 4.69) is 37.4 Å². The minimum atomic E-state index is 0.152. The number of fused-ring (bicyclic) bond motifs is 1. The molecule has 0 bridgehead atoms. The predicted octanol–water partition coefficient (Wildman–Crippen LogP) is 2.55. The van der Waals surface area contributed by atoms with E-state index in [0.29, 0.717) is 5.92 Å². The summed E-state index contributed by atoms with van der Waals surface area (Å²) in [6.07, 6.45) is 1.91. The van der Waals surface area contributed by atoms with Crippen LogP contribution in [0, 0.1) is 5.41 Å². The first-order valence-corrected chi connectivity index (χ1v) is 7.16. The van der Waals surface area contributed by atoms with Crippen LogP contribution in [-0.2, 0) is 0 Å². The molecule has 0 saturated carbocycles. The maximum Gasteiger partial charge on any atom is 0.122 e. The molecule has 0 aliphatic carbocycles. The van der Waals surface area contributed by atoms with Crippen molar-refractivity contribution >= 4 is 0 Å². The maximum absolute atomic E-state index is 9.04. The standard InChI is InChI=1S/C16H25NO2/c1-16(2,8-9-18)12-17-11-13-7-10-19-15-6-4-3-5-14(13)15/h3-6,13,17-18H,7-12H2,1-2H3. The summed E-state index contributed by atoms with van der Waals surface area (Å²) in [5.74, 6) is 1.57. The topological polar surface area (TPSA) is 41.5 Å². The third kappa shape index (κ3) is 3.95. The summed E-state index contributed by atoms with van der Waals surface area (Å²) in [7, 11) is 0. The molecule has 2 N–H and O–H groups in total. The summed E-state index contributed by atoms with van der Waals surface area (Å²) in [4.78, 5) is 0. The molecular weight excluding hydrogens is 238 g/mol. The Kier molecular flexibility index (Phi) is 4.83. The molecule has 0 saturated heterocycles. The molecule has 1 aromatic carbocycles. The molecule has 1 unspecified atom stereocenters. The quantitative estimate of drug-likeness (QED) is 0.829. The molecule has 0 spiro atoms. The van der Waals surface area contributed by atoms with Crippen LogP contribution in [0.2, 0.25) is 0 Å². The molecule has 1 aliphatic heterocycles. The van der Waals surface area contributed by atoms with Gasteiger partial charge in [0.05, 0.1) is 6.61 Å². The Morgan fingerprint density at radius 1 is 1.37 bits per heavy atom. The molecule has 0 aromatic heterocycles. The van der Waals surface area contributed by atoms with Gasteiger partial charge < -0.3 is 15.2 Å². The molecule has 1 heterocycles. The summed E-state index contributed by atoms with van der Waals surface area (Å²) in [5, 5.41) is 12.6. The van der Waals surface area contributed by atoms with Crippen LogP contribution in [0.5, 0.6) is 5.75 Å². The fraction of sp³-hybridized carbons (Fsp3) is 0.625. The first-order chi connectivity index (χ1) is 9.12. The number of ether oxygens (including phenoxy) is 1. The minimum absolute atomic E-state index is 0.152. The van der Waals surface area contributed by atoms with Gasteiger partial charge >= 0.3 is 0 Å². The number of rotatable bonds is 6. The Morgan fingerprint density at radius 2 is 2.16 bits per heavy atom. The van der Waals surface area contributed by atoms with Crippen molar-refractivity contribution in [2.75, 3.05) is 26.3 Å². The number of para-hydroxylation sites is 1. The zero-order chi connectivity index (χ0) is 13.7. The lowest BCUT2D eigenvalue weighted by Gasteiger charge is -2.29. The molecule has 0 fully saturated rings. The lowest BCUT2D eigenvalue weighted by Crippen LogP contribution is -2.34. The van der Waals surface area contributed by atoms with E-state index < -0.39 is 0 Å². The number of hydrogen-bond donors (Lipinski definition) is 2. The van der Waals surface area contributed by atoms with Gasteiger partial charge in [0.25, 0.3) is 0 Å². The van der Waals surface area contributed by atoms with Gasteiger partial charge in [0.15, 0.2) is 0 Å². The van der Waals surface area contributed by atoms with E-state index in [9.17, 15) is 0 Å². The van der Waals surface area contributed by atoms with E-state index in [0.717, 1.165) is 38.3 Å². The molecular formula is C16H25NO2. The Morgan fingerprint density at radius 3 is 2.95 bits per heavy atom. The van der Waals surface area contributed by atoms with E-state index in [1.54, 1.807) is 0 Å². The summed E-state index contributed by atoms with van der Waals surface area (Å²) in [6.45, 7) is 7.36. The molecule has 1 aliphatic rings. The van der Waals surface area contributed by atoms with Gasteiger partial charge in [-0.25, -0.2) is 0 Å². The number of benzene rings is 1. The van der Waals surface area contributed by atoms with Crippen LogP contribution in [0.25, 0.3) is 0 Å². The SMILES string of the molecule is CC(C)(CCO)CNCC1CCOc2ccccc21. The lowest BCUT2D eigenvalue weighted by molar-refractivity contribution is 0.204. The molecule has 106 valence electrons. The Hall–Kier alpha value is -1.06. The van der Waals surface area contributed by atoms with Gasteiger partial charge in [-0.15, -0.1) is 0 Å². The number of nitrogens with one attached hydrogen (secondary N) is 1. The fourth-order valence-corrected chi connectivity index (χ4v) is 2.60. The van der Waals surface area contributed by atoms with Gasteiger partial charge in [-0.3, -0.25) is 0 Å². The summed E-state index contributed by atoms with van der Waals surface area (Å²) >= 11 is 0. The highest BCUT2D eigenvalue weighted by atomic mass is 16.5. The Balaban J connectivity index is 1.88. The number of hydrogen-bond acceptors (Lipinski definition) is 3. The maximum atomic E-state index is 9.04. The van der Waals surface area contributed by atoms with Gasteiger partial charge in [0.2, 0.25) is 0 Å². The molecule has 0 radical (unpaired) electrons. The lowest BCUT2D eigenvalue weighted by atomic mass is 9.88. The average molecular weight is 263 g/mol. The van der Waals surface area contributed by atoms with E-state index in [4.69, 9.17) is 9.84 Å². The summed E-state index contributed by atoms with van der Waals surface area (Å²) < 4.78 is 5.68. The van der Waals surface area contributed by atoms with Crippen molar-refractivity contribution in [3.63, 3.8) is 0 Å². The van der Waals surface area contributed by atoms with Gasteiger partial charge in [0, 0.05) is 25.6 Å². The largest absolute Gasteiger partial charge is 0.493 e. The highest BCUT2D eigenvalue weighted by molar-refractivity contribution is 5.37. The van der Waals surface area contributed by atoms with Crippen LogP contribution in [0.15, 0.2) is 24.3 Å². The Bertz CT molecular complexity index is 403. The third-order valence-electron chi connectivity index (χ3n) is 3.87. The van der Waals surface area contributed by atoms with Crippen molar-refractivity contribution in [3.8, 4) is 5.75 Å². The molecule has 2 rings (SSSR count). The third-order valence-corrected chi connectivity index (χ3v) is 3.87. The minimum Gasteiger partial charge on any atom is -0.493 e. The van der Waals surface area contributed by atoms with Crippen molar-refractivity contribution in [2.45, 2.75) is 32.6 Å². The summed E-state index contributed by atoms with van der Waals surface area (Å²) in [6, 6.07) is 8.33. The van der Waals surface area contributed by atoms with Crippen molar-refractivity contribution in [1.29, 1.82) is 0 Å². The first-order valence-electron chi connectivity index (χ1n) is 7.16. The van der Waals surface area contributed by atoms with E-state index in [1.165, 1.54) is 5.56 Å². The fourth-order valence-electron chi connectivity index (χ4n) is 2.60. The monoisotopic (exact) mass is 263 g/mol. The van der Waals surface area contributed by atoms with Gasteiger partial charge in [-0.2, -0.15) is 0 Å². The Labute approximate surface area is 116 Å². The molecule has 19 heavy (non-hydrogen) atoms.